The van der Waals surface area contributed by atoms with Gasteiger partial charge in [0.2, 0.25) is 0 Å². The molecule has 0 fully saturated rings. The first-order valence-electron chi connectivity index (χ1n) is 8.56. The molecule has 29 heavy (non-hydrogen) atoms. The molecule has 0 saturated carbocycles. The lowest BCUT2D eigenvalue weighted by molar-refractivity contribution is -0.137. The SMILES string of the molecule is O=c1oc2cnc3ccc(-c4ccoc4)cc3c2n1-c1cccc(C(F)(F)F)c1. The Morgan fingerprint density at radius 3 is 2.62 bits per heavy atom. The van der Waals surface area contributed by atoms with Gasteiger partial charge in [-0.2, -0.15) is 13.2 Å². The van der Waals surface area contributed by atoms with Crippen LogP contribution in [0.25, 0.3) is 38.8 Å². The Hall–Kier alpha value is -3.81. The van der Waals surface area contributed by atoms with Crippen LogP contribution >= 0.6 is 0 Å². The summed E-state index contributed by atoms with van der Waals surface area (Å²) >= 11 is 0. The second kappa shape index (κ2) is 6.10. The van der Waals surface area contributed by atoms with Crippen molar-refractivity contribution in [1.29, 1.82) is 0 Å². The number of halogens is 3. The van der Waals surface area contributed by atoms with Crippen molar-refractivity contribution in [2.75, 3.05) is 0 Å². The minimum absolute atomic E-state index is 0.0600. The van der Waals surface area contributed by atoms with E-state index < -0.39 is 17.5 Å². The molecule has 0 saturated heterocycles. The van der Waals surface area contributed by atoms with E-state index in [1.54, 1.807) is 24.5 Å². The van der Waals surface area contributed by atoms with Crippen LogP contribution in [0.4, 0.5) is 13.2 Å². The van der Waals surface area contributed by atoms with Crippen LogP contribution in [-0.4, -0.2) is 9.55 Å². The molecule has 0 N–H and O–H groups in total. The summed E-state index contributed by atoms with van der Waals surface area (Å²) in [7, 11) is 0. The van der Waals surface area contributed by atoms with Crippen LogP contribution in [0.3, 0.4) is 0 Å². The van der Waals surface area contributed by atoms with E-state index in [1.165, 1.54) is 24.6 Å². The van der Waals surface area contributed by atoms with Gasteiger partial charge in [0, 0.05) is 10.9 Å². The number of rotatable bonds is 2. The summed E-state index contributed by atoms with van der Waals surface area (Å²) < 4.78 is 51.0. The minimum Gasteiger partial charge on any atom is -0.472 e. The van der Waals surface area contributed by atoms with Crippen molar-refractivity contribution in [3.8, 4) is 16.8 Å². The summed E-state index contributed by atoms with van der Waals surface area (Å²) in [6.07, 6.45) is -0.0311. The highest BCUT2D eigenvalue weighted by atomic mass is 19.4. The topological polar surface area (TPSA) is 61.2 Å². The van der Waals surface area contributed by atoms with Crippen molar-refractivity contribution in [1.82, 2.24) is 9.55 Å². The van der Waals surface area contributed by atoms with E-state index in [1.807, 2.05) is 6.07 Å². The van der Waals surface area contributed by atoms with Gasteiger partial charge in [-0.15, -0.1) is 0 Å². The van der Waals surface area contributed by atoms with Crippen molar-refractivity contribution in [3.05, 3.63) is 83.4 Å². The number of oxazole rings is 1. The number of nitrogens with zero attached hydrogens (tertiary/aromatic N) is 2. The highest BCUT2D eigenvalue weighted by molar-refractivity contribution is 6.03. The van der Waals surface area contributed by atoms with Gasteiger partial charge in [-0.1, -0.05) is 12.1 Å². The molecular weight excluding hydrogens is 385 g/mol. The van der Waals surface area contributed by atoms with E-state index in [2.05, 4.69) is 4.98 Å². The molecule has 0 aliphatic heterocycles. The van der Waals surface area contributed by atoms with Crippen molar-refractivity contribution in [2.45, 2.75) is 6.18 Å². The van der Waals surface area contributed by atoms with Crippen LogP contribution in [0.5, 0.6) is 0 Å². The van der Waals surface area contributed by atoms with Gasteiger partial charge in [0.05, 0.1) is 35.5 Å². The largest absolute Gasteiger partial charge is 0.472 e. The number of pyridine rings is 1. The molecule has 0 aliphatic rings. The van der Waals surface area contributed by atoms with E-state index in [9.17, 15) is 18.0 Å². The number of fused-ring (bicyclic) bond motifs is 3. The summed E-state index contributed by atoms with van der Waals surface area (Å²) in [5.41, 5.74) is 1.95. The van der Waals surface area contributed by atoms with Crippen LogP contribution in [0.1, 0.15) is 5.56 Å². The van der Waals surface area contributed by atoms with Crippen molar-refractivity contribution in [2.24, 2.45) is 0 Å². The molecule has 0 aliphatic carbocycles. The fourth-order valence-electron chi connectivity index (χ4n) is 3.36. The van der Waals surface area contributed by atoms with Gasteiger partial charge < -0.3 is 8.83 Å². The average molecular weight is 396 g/mol. The Kier molecular flexibility index (Phi) is 3.64. The van der Waals surface area contributed by atoms with Crippen molar-refractivity contribution in [3.63, 3.8) is 0 Å². The highest BCUT2D eigenvalue weighted by Crippen LogP contribution is 2.33. The average Bonchev–Trinajstić information content (AvgIpc) is 3.34. The number of aromatic nitrogens is 2. The first-order valence-corrected chi connectivity index (χ1v) is 8.56. The molecule has 3 heterocycles. The lowest BCUT2D eigenvalue weighted by Crippen LogP contribution is -2.13. The molecular formula is C21H11F3N2O3. The molecule has 0 amide bonds. The normalized spacial score (nSPS) is 12.1. The Morgan fingerprint density at radius 2 is 1.86 bits per heavy atom. The monoisotopic (exact) mass is 396 g/mol. The van der Waals surface area contributed by atoms with E-state index >= 15 is 0 Å². The van der Waals surface area contributed by atoms with Gasteiger partial charge in [0.1, 0.15) is 5.52 Å². The Morgan fingerprint density at radius 1 is 1.00 bits per heavy atom. The van der Waals surface area contributed by atoms with Crippen molar-refractivity contribution < 1.29 is 22.0 Å². The van der Waals surface area contributed by atoms with Crippen LogP contribution in [0.15, 0.2) is 80.9 Å². The summed E-state index contributed by atoms with van der Waals surface area (Å²) in [6, 6.07) is 11.7. The van der Waals surface area contributed by atoms with Gasteiger partial charge >= 0.3 is 11.9 Å². The second-order valence-corrected chi connectivity index (χ2v) is 6.47. The van der Waals surface area contributed by atoms with Gasteiger partial charge in [0.15, 0.2) is 5.58 Å². The molecule has 0 unspecified atom stereocenters. The molecule has 0 radical (unpaired) electrons. The number of furan rings is 1. The van der Waals surface area contributed by atoms with Crippen LogP contribution < -0.4 is 5.76 Å². The molecule has 0 atom stereocenters. The third-order valence-corrected chi connectivity index (χ3v) is 4.70. The summed E-state index contributed by atoms with van der Waals surface area (Å²) in [5.74, 6) is -0.790. The zero-order valence-electron chi connectivity index (χ0n) is 14.6. The number of benzene rings is 2. The van der Waals surface area contributed by atoms with Gasteiger partial charge in [-0.25, -0.2) is 9.36 Å². The second-order valence-electron chi connectivity index (χ2n) is 6.47. The van der Waals surface area contributed by atoms with Crippen molar-refractivity contribution >= 4 is 22.0 Å². The summed E-state index contributed by atoms with van der Waals surface area (Å²) in [6.45, 7) is 0. The Balaban J connectivity index is 1.83. The lowest BCUT2D eigenvalue weighted by atomic mass is 10.1. The highest BCUT2D eigenvalue weighted by Gasteiger charge is 2.31. The minimum atomic E-state index is -4.53. The predicted molar refractivity (Wildman–Crippen MR) is 99.8 cm³/mol. The predicted octanol–water partition coefficient (Wildman–Crippen LogP) is 5.41. The molecule has 8 heteroatoms. The first-order chi connectivity index (χ1) is 13.9. The fourth-order valence-corrected chi connectivity index (χ4v) is 3.36. The maximum atomic E-state index is 13.2. The fraction of sp³-hybridized carbons (Fsp3) is 0.0476. The van der Waals surface area contributed by atoms with Gasteiger partial charge in [-0.05, 0) is 42.0 Å². The van der Waals surface area contributed by atoms with Crippen LogP contribution in [0, 0.1) is 0 Å². The zero-order valence-corrected chi connectivity index (χ0v) is 14.6. The van der Waals surface area contributed by atoms with E-state index in [-0.39, 0.29) is 11.3 Å². The smallest absolute Gasteiger partial charge is 0.424 e. The molecule has 5 rings (SSSR count). The first kappa shape index (κ1) is 17.3. The maximum absolute atomic E-state index is 13.2. The lowest BCUT2D eigenvalue weighted by Gasteiger charge is -2.10. The summed E-state index contributed by atoms with van der Waals surface area (Å²) in [4.78, 5) is 16.8. The summed E-state index contributed by atoms with van der Waals surface area (Å²) in [5, 5.41) is 0.574. The molecule has 144 valence electrons. The Bertz CT molecular complexity index is 1410. The molecule has 2 aromatic carbocycles. The third-order valence-electron chi connectivity index (χ3n) is 4.70. The maximum Gasteiger partial charge on any atom is 0.424 e. The van der Waals surface area contributed by atoms with Gasteiger partial charge in [-0.3, -0.25) is 4.98 Å². The molecule has 0 bridgehead atoms. The third kappa shape index (κ3) is 2.80. The molecule has 5 aromatic rings. The van der Waals surface area contributed by atoms with Crippen LogP contribution in [0.2, 0.25) is 0 Å². The van der Waals surface area contributed by atoms with E-state index in [0.29, 0.717) is 16.4 Å². The molecule has 5 nitrogen and oxygen atoms in total. The standard InChI is InChI=1S/C21H11F3N2O3/c22-21(23,24)14-2-1-3-15(9-14)26-19-16-8-12(13-6-7-28-11-13)4-5-17(16)25-10-18(19)29-20(26)27/h1-11H. The zero-order chi connectivity index (χ0) is 20.2. The van der Waals surface area contributed by atoms with Gasteiger partial charge in [0.25, 0.3) is 0 Å². The Labute approximate surface area is 160 Å². The number of hydrogen-bond acceptors (Lipinski definition) is 4. The molecule has 0 spiro atoms. The van der Waals surface area contributed by atoms with E-state index in [4.69, 9.17) is 8.83 Å². The number of alkyl halides is 3. The quantitative estimate of drug-likeness (QED) is 0.400. The molecule has 3 aromatic heterocycles. The number of hydrogen-bond donors (Lipinski definition) is 0. The van der Waals surface area contributed by atoms with Crippen LogP contribution in [-0.2, 0) is 6.18 Å². The van der Waals surface area contributed by atoms with E-state index in [0.717, 1.165) is 27.8 Å².